The van der Waals surface area contributed by atoms with Gasteiger partial charge in [0.15, 0.2) is 5.54 Å². The highest BCUT2D eigenvalue weighted by Gasteiger charge is 2.35. The van der Waals surface area contributed by atoms with Crippen LogP contribution in [0.3, 0.4) is 0 Å². The van der Waals surface area contributed by atoms with E-state index in [2.05, 4.69) is 5.18 Å². The highest BCUT2D eigenvalue weighted by Crippen LogP contribution is 2.31. The third kappa shape index (κ3) is 0.925. The molecule has 0 aromatic rings. The van der Waals surface area contributed by atoms with Gasteiger partial charge in [-0.15, -0.1) is 4.91 Å². The van der Waals surface area contributed by atoms with Gasteiger partial charge in [-0.2, -0.15) is 5.26 Å². The van der Waals surface area contributed by atoms with Crippen molar-refractivity contribution >= 4 is 0 Å². The van der Waals surface area contributed by atoms with Gasteiger partial charge in [0.1, 0.15) is 0 Å². The van der Waals surface area contributed by atoms with Crippen LogP contribution in [0, 0.1) is 16.2 Å². The molecule has 1 aliphatic rings. The summed E-state index contributed by atoms with van der Waals surface area (Å²) in [7, 11) is 0. The molecule has 0 atom stereocenters. The van der Waals surface area contributed by atoms with Gasteiger partial charge in [0, 0.05) is 0 Å². The first kappa shape index (κ1) is 6.21. The minimum Gasteiger partial charge on any atom is -0.195 e. The first-order chi connectivity index (χ1) is 4.33. The second kappa shape index (κ2) is 2.14. The van der Waals surface area contributed by atoms with Gasteiger partial charge < -0.3 is 0 Å². The average molecular weight is 124 g/mol. The molecule has 0 aromatic heterocycles. The van der Waals surface area contributed by atoms with Crippen LogP contribution in [0.1, 0.15) is 25.7 Å². The number of rotatable bonds is 1. The highest BCUT2D eigenvalue weighted by molar-refractivity contribution is 5.09. The zero-order valence-electron chi connectivity index (χ0n) is 5.13. The van der Waals surface area contributed by atoms with Gasteiger partial charge in [-0.25, -0.2) is 0 Å². The van der Waals surface area contributed by atoms with Crippen molar-refractivity contribution in [3.63, 3.8) is 0 Å². The molecule has 3 nitrogen and oxygen atoms in total. The van der Waals surface area contributed by atoms with E-state index >= 15 is 0 Å². The summed E-state index contributed by atoms with van der Waals surface area (Å²) in [5, 5.41) is 11.3. The zero-order valence-corrected chi connectivity index (χ0v) is 5.13. The van der Waals surface area contributed by atoms with E-state index in [4.69, 9.17) is 5.26 Å². The lowest BCUT2D eigenvalue weighted by Gasteiger charge is -2.06. The molecule has 0 saturated heterocycles. The third-order valence-corrected chi connectivity index (χ3v) is 1.81. The van der Waals surface area contributed by atoms with Crippen LogP contribution in [-0.2, 0) is 0 Å². The summed E-state index contributed by atoms with van der Waals surface area (Å²) in [6.45, 7) is 0. The van der Waals surface area contributed by atoms with Crippen LogP contribution in [0.25, 0.3) is 0 Å². The summed E-state index contributed by atoms with van der Waals surface area (Å²) in [6.07, 6.45) is 3.26. The Balaban J connectivity index is 2.70. The molecule has 0 unspecified atom stereocenters. The molecule has 9 heavy (non-hydrogen) atoms. The van der Waals surface area contributed by atoms with Crippen molar-refractivity contribution in [1.82, 2.24) is 0 Å². The van der Waals surface area contributed by atoms with Crippen molar-refractivity contribution in [3.05, 3.63) is 4.91 Å². The molecule has 1 fully saturated rings. The SMILES string of the molecule is N#CC1(N=O)CCCC1. The smallest absolute Gasteiger partial charge is 0.188 e. The Morgan fingerprint density at radius 1 is 1.44 bits per heavy atom. The summed E-state index contributed by atoms with van der Waals surface area (Å²) in [4.78, 5) is 10.1. The maximum Gasteiger partial charge on any atom is 0.188 e. The van der Waals surface area contributed by atoms with Gasteiger partial charge in [-0.05, 0) is 30.9 Å². The second-order valence-electron chi connectivity index (χ2n) is 2.44. The molecule has 1 aliphatic carbocycles. The normalized spacial score (nSPS) is 23.0. The fourth-order valence-corrected chi connectivity index (χ4v) is 1.18. The molecule has 3 heteroatoms. The zero-order chi connectivity index (χ0) is 6.74. The maximum atomic E-state index is 10.1. The molecular weight excluding hydrogens is 116 g/mol. The Morgan fingerprint density at radius 2 is 2.00 bits per heavy atom. The molecule has 0 bridgehead atoms. The molecule has 1 saturated carbocycles. The molecular formula is C6H8N2O. The Kier molecular flexibility index (Phi) is 1.48. The van der Waals surface area contributed by atoms with E-state index in [1.165, 1.54) is 0 Å². The molecule has 0 heterocycles. The van der Waals surface area contributed by atoms with Crippen molar-refractivity contribution in [1.29, 1.82) is 5.26 Å². The molecule has 0 aliphatic heterocycles. The lowest BCUT2D eigenvalue weighted by atomic mass is 10.0. The average Bonchev–Trinajstić information content (AvgIpc) is 2.36. The molecule has 0 radical (unpaired) electrons. The van der Waals surface area contributed by atoms with Crippen LogP contribution < -0.4 is 0 Å². The lowest BCUT2D eigenvalue weighted by Crippen LogP contribution is -2.17. The van der Waals surface area contributed by atoms with E-state index in [-0.39, 0.29) is 0 Å². The Bertz CT molecular complexity index is 153. The highest BCUT2D eigenvalue weighted by atomic mass is 16.3. The lowest BCUT2D eigenvalue weighted by molar-refractivity contribution is 0.562. The molecule has 48 valence electrons. The van der Waals surface area contributed by atoms with Crippen LogP contribution in [0.15, 0.2) is 5.18 Å². The van der Waals surface area contributed by atoms with Crippen LogP contribution in [0.4, 0.5) is 0 Å². The number of nitroso groups, excluding NO2 is 1. The Morgan fingerprint density at radius 3 is 2.22 bits per heavy atom. The van der Waals surface area contributed by atoms with Crippen LogP contribution >= 0.6 is 0 Å². The predicted octanol–water partition coefficient (Wildman–Crippen LogP) is 1.59. The van der Waals surface area contributed by atoms with Crippen LogP contribution in [0.5, 0.6) is 0 Å². The number of hydrogen-bond donors (Lipinski definition) is 0. The van der Waals surface area contributed by atoms with Crippen molar-refractivity contribution in [2.75, 3.05) is 0 Å². The van der Waals surface area contributed by atoms with E-state index in [0.29, 0.717) is 12.8 Å². The fraction of sp³-hybridized carbons (Fsp3) is 0.833. The number of hydrogen-bond acceptors (Lipinski definition) is 3. The van der Waals surface area contributed by atoms with Crippen LogP contribution in [0.2, 0.25) is 0 Å². The molecule has 0 spiro atoms. The number of nitriles is 1. The Labute approximate surface area is 53.6 Å². The monoisotopic (exact) mass is 124 g/mol. The maximum absolute atomic E-state index is 10.1. The third-order valence-electron chi connectivity index (χ3n) is 1.81. The standard InChI is InChI=1S/C6H8N2O/c7-5-6(8-9)3-1-2-4-6/h1-4H2. The first-order valence-corrected chi connectivity index (χ1v) is 3.09. The fourth-order valence-electron chi connectivity index (χ4n) is 1.18. The van der Waals surface area contributed by atoms with Crippen molar-refractivity contribution in [2.45, 2.75) is 31.2 Å². The minimum absolute atomic E-state index is 0.660. The number of nitrogens with zero attached hydrogens (tertiary/aromatic N) is 2. The van der Waals surface area contributed by atoms with Gasteiger partial charge in [0.2, 0.25) is 0 Å². The van der Waals surface area contributed by atoms with E-state index < -0.39 is 5.54 Å². The minimum atomic E-state index is -0.847. The van der Waals surface area contributed by atoms with Gasteiger partial charge in [-0.3, -0.25) is 0 Å². The summed E-state index contributed by atoms with van der Waals surface area (Å²) in [6, 6.07) is 1.95. The first-order valence-electron chi connectivity index (χ1n) is 3.09. The molecule has 0 aromatic carbocycles. The quantitative estimate of drug-likeness (QED) is 0.498. The summed E-state index contributed by atoms with van der Waals surface area (Å²) >= 11 is 0. The van der Waals surface area contributed by atoms with E-state index in [1.54, 1.807) is 0 Å². The van der Waals surface area contributed by atoms with Gasteiger partial charge in [-0.1, -0.05) is 0 Å². The van der Waals surface area contributed by atoms with Crippen LogP contribution in [-0.4, -0.2) is 5.54 Å². The predicted molar refractivity (Wildman–Crippen MR) is 32.6 cm³/mol. The van der Waals surface area contributed by atoms with E-state index in [1.807, 2.05) is 6.07 Å². The topological polar surface area (TPSA) is 53.2 Å². The Hall–Kier alpha value is -0.910. The molecule has 1 rings (SSSR count). The van der Waals surface area contributed by atoms with Crippen molar-refractivity contribution < 1.29 is 0 Å². The molecule has 0 amide bonds. The largest absolute Gasteiger partial charge is 0.195 e. The summed E-state index contributed by atoms with van der Waals surface area (Å²) < 4.78 is 0. The van der Waals surface area contributed by atoms with E-state index in [9.17, 15) is 4.91 Å². The van der Waals surface area contributed by atoms with Gasteiger partial charge in [0.25, 0.3) is 0 Å². The second-order valence-corrected chi connectivity index (χ2v) is 2.44. The van der Waals surface area contributed by atoms with E-state index in [0.717, 1.165) is 12.8 Å². The summed E-state index contributed by atoms with van der Waals surface area (Å²) in [5.41, 5.74) is -0.847. The molecule has 0 N–H and O–H groups in total. The van der Waals surface area contributed by atoms with Gasteiger partial charge in [0.05, 0.1) is 6.07 Å². The van der Waals surface area contributed by atoms with Crippen molar-refractivity contribution in [3.8, 4) is 6.07 Å². The van der Waals surface area contributed by atoms with Crippen molar-refractivity contribution in [2.24, 2.45) is 5.18 Å². The van der Waals surface area contributed by atoms with Gasteiger partial charge >= 0.3 is 0 Å². The summed E-state index contributed by atoms with van der Waals surface area (Å²) in [5.74, 6) is 0.